The van der Waals surface area contributed by atoms with E-state index in [0.29, 0.717) is 5.69 Å². The van der Waals surface area contributed by atoms with E-state index in [1.807, 2.05) is 0 Å². The number of carbonyl (C=O) groups excluding carboxylic acids is 2. The normalized spacial score (nSPS) is 13.7. The number of non-ortho nitro benzene ring substituents is 1. The van der Waals surface area contributed by atoms with E-state index < -0.39 is 4.92 Å². The molecule has 0 N–H and O–H groups in total. The maximum atomic E-state index is 11.6. The Labute approximate surface area is 125 Å². The van der Waals surface area contributed by atoms with E-state index in [2.05, 4.69) is 0 Å². The van der Waals surface area contributed by atoms with E-state index in [-0.39, 0.29) is 17.5 Å². The van der Waals surface area contributed by atoms with Gasteiger partial charge in [-0.3, -0.25) is 19.7 Å². The molecule has 3 rings (SSSR count). The molecule has 0 aromatic heterocycles. The summed E-state index contributed by atoms with van der Waals surface area (Å²) in [5, 5.41) is 10.6. The maximum absolute atomic E-state index is 11.6. The number of anilines is 1. The Bertz CT molecular complexity index is 774. The van der Waals surface area contributed by atoms with Crippen molar-refractivity contribution < 1.29 is 14.5 Å². The van der Waals surface area contributed by atoms with Gasteiger partial charge in [-0.2, -0.15) is 0 Å². The van der Waals surface area contributed by atoms with Gasteiger partial charge in [0.1, 0.15) is 0 Å². The molecule has 0 saturated heterocycles. The second-order valence-electron chi connectivity index (χ2n) is 4.70. The molecule has 2 aromatic rings. The van der Waals surface area contributed by atoms with Crippen molar-refractivity contribution in [2.24, 2.45) is 0 Å². The Morgan fingerprint density at radius 1 is 0.773 bits per heavy atom. The molecule has 0 saturated carbocycles. The lowest BCUT2D eigenvalue weighted by atomic mass is 10.0. The molecule has 0 spiro atoms. The number of carbonyl (C=O) groups is 2. The molecule has 0 aliphatic carbocycles. The number of nitro benzene ring substituents is 1. The van der Waals surface area contributed by atoms with Crippen molar-refractivity contribution in [3.63, 3.8) is 0 Å². The zero-order valence-electron chi connectivity index (χ0n) is 11.3. The van der Waals surface area contributed by atoms with Crippen LogP contribution in [0, 0.1) is 10.1 Å². The smallest absolute Gasteiger partial charge is 0.269 e. The largest absolute Gasteiger partial charge is 0.269 e. The second-order valence-corrected chi connectivity index (χ2v) is 4.70. The standard InChI is InChI=1S/C16H10N2O4/c19-15-9-10-16(20)17(15)13-5-1-11(2-6-13)12-3-7-14(8-4-12)18(21)22/h1-10H. The fraction of sp³-hybridized carbons (Fsp3) is 0. The minimum Gasteiger partial charge on any atom is -0.269 e. The predicted molar refractivity (Wildman–Crippen MR) is 80.2 cm³/mol. The van der Waals surface area contributed by atoms with Crippen molar-refractivity contribution in [2.45, 2.75) is 0 Å². The second kappa shape index (κ2) is 5.25. The summed E-state index contributed by atoms with van der Waals surface area (Å²) in [7, 11) is 0. The summed E-state index contributed by atoms with van der Waals surface area (Å²) in [6.07, 6.45) is 2.46. The Hall–Kier alpha value is -3.28. The molecule has 0 bridgehead atoms. The van der Waals surface area contributed by atoms with Crippen LogP contribution < -0.4 is 4.90 Å². The molecule has 22 heavy (non-hydrogen) atoms. The summed E-state index contributed by atoms with van der Waals surface area (Å²) in [6.45, 7) is 0. The summed E-state index contributed by atoms with van der Waals surface area (Å²) in [5.74, 6) is -0.735. The molecule has 2 amide bonds. The van der Waals surface area contributed by atoms with Gasteiger partial charge in [-0.05, 0) is 35.4 Å². The molecule has 6 nitrogen and oxygen atoms in total. The lowest BCUT2D eigenvalue weighted by molar-refractivity contribution is -0.384. The fourth-order valence-electron chi connectivity index (χ4n) is 2.23. The average Bonchev–Trinajstić information content (AvgIpc) is 2.86. The fourth-order valence-corrected chi connectivity index (χ4v) is 2.23. The van der Waals surface area contributed by atoms with E-state index in [1.54, 1.807) is 36.4 Å². The number of benzene rings is 2. The third-order valence-corrected chi connectivity index (χ3v) is 3.35. The van der Waals surface area contributed by atoms with Gasteiger partial charge in [-0.1, -0.05) is 12.1 Å². The molecule has 6 heteroatoms. The van der Waals surface area contributed by atoms with E-state index >= 15 is 0 Å². The van der Waals surface area contributed by atoms with Crippen LogP contribution in [0.3, 0.4) is 0 Å². The number of rotatable bonds is 3. The lowest BCUT2D eigenvalue weighted by Gasteiger charge is -2.14. The van der Waals surface area contributed by atoms with Crippen LogP contribution in [0.2, 0.25) is 0 Å². The summed E-state index contributed by atoms with van der Waals surface area (Å²) in [5.41, 5.74) is 2.17. The molecule has 0 unspecified atom stereocenters. The quantitative estimate of drug-likeness (QED) is 0.495. The highest BCUT2D eigenvalue weighted by Gasteiger charge is 2.24. The number of hydrogen-bond donors (Lipinski definition) is 0. The third kappa shape index (κ3) is 2.37. The molecule has 1 aliphatic rings. The van der Waals surface area contributed by atoms with Crippen LogP contribution in [0.25, 0.3) is 11.1 Å². The summed E-state index contributed by atoms with van der Waals surface area (Å²) >= 11 is 0. The van der Waals surface area contributed by atoms with Crippen molar-refractivity contribution in [1.29, 1.82) is 0 Å². The van der Waals surface area contributed by atoms with Crippen molar-refractivity contribution >= 4 is 23.2 Å². The predicted octanol–water partition coefficient (Wildman–Crippen LogP) is 2.69. The van der Waals surface area contributed by atoms with E-state index in [9.17, 15) is 19.7 Å². The summed E-state index contributed by atoms with van der Waals surface area (Å²) in [4.78, 5) is 34.5. The van der Waals surface area contributed by atoms with Gasteiger partial charge < -0.3 is 0 Å². The van der Waals surface area contributed by atoms with E-state index in [4.69, 9.17) is 0 Å². The average molecular weight is 294 g/mol. The molecular weight excluding hydrogens is 284 g/mol. The van der Waals surface area contributed by atoms with Crippen LogP contribution in [0.5, 0.6) is 0 Å². The number of imide groups is 1. The monoisotopic (exact) mass is 294 g/mol. The Balaban J connectivity index is 1.87. The third-order valence-electron chi connectivity index (χ3n) is 3.35. The minimum absolute atomic E-state index is 0.0275. The van der Waals surface area contributed by atoms with Crippen molar-refractivity contribution in [3.05, 3.63) is 70.8 Å². The first kappa shape index (κ1) is 13.7. The van der Waals surface area contributed by atoms with Gasteiger partial charge in [0, 0.05) is 24.3 Å². The Morgan fingerprint density at radius 2 is 1.23 bits per heavy atom. The molecule has 0 atom stereocenters. The van der Waals surface area contributed by atoms with Gasteiger partial charge in [-0.15, -0.1) is 0 Å². The first-order valence-electron chi connectivity index (χ1n) is 6.47. The first-order valence-corrected chi connectivity index (χ1v) is 6.47. The Kier molecular flexibility index (Phi) is 3.27. The highest BCUT2D eigenvalue weighted by molar-refractivity contribution is 6.28. The summed E-state index contributed by atoms with van der Waals surface area (Å²) in [6, 6.07) is 13.0. The van der Waals surface area contributed by atoms with Gasteiger partial charge in [-0.25, -0.2) is 4.90 Å². The highest BCUT2D eigenvalue weighted by Crippen LogP contribution is 2.26. The SMILES string of the molecule is O=C1C=CC(=O)N1c1ccc(-c2ccc([N+](=O)[O-])cc2)cc1. The van der Waals surface area contributed by atoms with Crippen molar-refractivity contribution in [1.82, 2.24) is 0 Å². The van der Waals surface area contributed by atoms with Gasteiger partial charge >= 0.3 is 0 Å². The Morgan fingerprint density at radius 3 is 1.68 bits per heavy atom. The zero-order chi connectivity index (χ0) is 15.7. The van der Waals surface area contributed by atoms with Crippen LogP contribution in [0.4, 0.5) is 11.4 Å². The topological polar surface area (TPSA) is 80.5 Å². The molecule has 108 valence electrons. The number of nitro groups is 1. The highest BCUT2D eigenvalue weighted by atomic mass is 16.6. The first-order chi connectivity index (χ1) is 10.6. The minimum atomic E-state index is -0.454. The van der Waals surface area contributed by atoms with Crippen LogP contribution in [0.1, 0.15) is 0 Å². The molecule has 1 heterocycles. The summed E-state index contributed by atoms with van der Waals surface area (Å²) < 4.78 is 0. The van der Waals surface area contributed by atoms with E-state index in [0.717, 1.165) is 16.0 Å². The van der Waals surface area contributed by atoms with Gasteiger partial charge in [0.25, 0.3) is 17.5 Å². The zero-order valence-corrected chi connectivity index (χ0v) is 11.3. The van der Waals surface area contributed by atoms with Gasteiger partial charge in [0.05, 0.1) is 10.6 Å². The number of hydrogen-bond acceptors (Lipinski definition) is 4. The molecule has 2 aromatic carbocycles. The molecule has 1 aliphatic heterocycles. The van der Waals surface area contributed by atoms with Gasteiger partial charge in [0.2, 0.25) is 0 Å². The molecule has 0 radical (unpaired) electrons. The van der Waals surface area contributed by atoms with Crippen LogP contribution in [-0.4, -0.2) is 16.7 Å². The molecule has 0 fully saturated rings. The van der Waals surface area contributed by atoms with Crippen LogP contribution >= 0.6 is 0 Å². The van der Waals surface area contributed by atoms with Crippen LogP contribution in [-0.2, 0) is 9.59 Å². The number of amides is 2. The van der Waals surface area contributed by atoms with Crippen LogP contribution in [0.15, 0.2) is 60.7 Å². The van der Waals surface area contributed by atoms with Gasteiger partial charge in [0.15, 0.2) is 0 Å². The van der Waals surface area contributed by atoms with Crippen molar-refractivity contribution in [2.75, 3.05) is 4.90 Å². The molecular formula is C16H10N2O4. The van der Waals surface area contributed by atoms with Crippen molar-refractivity contribution in [3.8, 4) is 11.1 Å². The van der Waals surface area contributed by atoms with E-state index in [1.165, 1.54) is 24.3 Å². The number of nitrogens with zero attached hydrogens (tertiary/aromatic N) is 2. The lowest BCUT2D eigenvalue weighted by Crippen LogP contribution is -2.29. The maximum Gasteiger partial charge on any atom is 0.269 e.